The van der Waals surface area contributed by atoms with Crippen molar-refractivity contribution in [1.29, 1.82) is 0 Å². The van der Waals surface area contributed by atoms with Crippen molar-refractivity contribution in [3.05, 3.63) is 58.6 Å². The molecule has 0 atom stereocenters. The molecule has 154 valence electrons. The van der Waals surface area contributed by atoms with Crippen LogP contribution in [0.2, 0.25) is 5.02 Å². The summed E-state index contributed by atoms with van der Waals surface area (Å²) in [7, 11) is 1.58. The zero-order chi connectivity index (χ0) is 21.1. The second-order valence-corrected chi connectivity index (χ2v) is 7.78. The molecule has 0 aliphatic carbocycles. The first kappa shape index (κ1) is 20.2. The number of rotatable bonds is 6. The lowest BCUT2D eigenvalue weighted by atomic mass is 10.1. The number of hydrogen-bond donors (Lipinski definition) is 1. The van der Waals surface area contributed by atoms with Crippen LogP contribution in [-0.4, -0.2) is 27.4 Å². The Morgan fingerprint density at radius 2 is 2.10 bits per heavy atom. The van der Waals surface area contributed by atoms with Gasteiger partial charge in [-0.15, -0.1) is 0 Å². The Morgan fingerprint density at radius 1 is 1.23 bits per heavy atom. The third-order valence-electron chi connectivity index (χ3n) is 4.53. The summed E-state index contributed by atoms with van der Waals surface area (Å²) in [6.45, 7) is 2.94. The average molecular weight is 443 g/mol. The van der Waals surface area contributed by atoms with Crippen LogP contribution >= 0.6 is 23.1 Å². The molecule has 4 aromatic rings. The number of anilines is 1. The highest BCUT2D eigenvalue weighted by atomic mass is 35.5. The van der Waals surface area contributed by atoms with Crippen LogP contribution in [0.15, 0.2) is 48.7 Å². The topological polar surface area (TPSA) is 78.3 Å². The van der Waals surface area contributed by atoms with E-state index in [4.69, 9.17) is 21.1 Å². The molecular weight excluding hydrogens is 424 g/mol. The minimum atomic E-state index is -0.531. The predicted molar refractivity (Wildman–Crippen MR) is 118 cm³/mol. The summed E-state index contributed by atoms with van der Waals surface area (Å²) in [6.07, 6.45) is 1.25. The van der Waals surface area contributed by atoms with E-state index < -0.39 is 6.09 Å². The van der Waals surface area contributed by atoms with Crippen LogP contribution in [0.1, 0.15) is 11.8 Å². The summed E-state index contributed by atoms with van der Waals surface area (Å²) in [4.78, 5) is 13.0. The quantitative estimate of drug-likeness (QED) is 0.421. The zero-order valence-electron chi connectivity index (χ0n) is 16.4. The van der Waals surface area contributed by atoms with Crippen molar-refractivity contribution in [2.24, 2.45) is 0 Å². The van der Waals surface area contributed by atoms with Gasteiger partial charge in [-0.1, -0.05) is 11.6 Å². The lowest BCUT2D eigenvalue weighted by Gasteiger charge is -2.07. The monoisotopic (exact) mass is 442 g/mol. The number of nitrogens with one attached hydrogen (secondary N) is 1. The van der Waals surface area contributed by atoms with E-state index in [9.17, 15) is 4.79 Å². The first-order valence-electron chi connectivity index (χ1n) is 9.26. The maximum Gasteiger partial charge on any atom is 0.411 e. The number of ether oxygens (including phenoxy) is 2. The van der Waals surface area contributed by atoms with Crippen molar-refractivity contribution in [3.8, 4) is 17.0 Å². The summed E-state index contributed by atoms with van der Waals surface area (Å²) in [6, 6.07) is 12.9. The van der Waals surface area contributed by atoms with Gasteiger partial charge in [-0.3, -0.25) is 10.00 Å². The highest BCUT2D eigenvalue weighted by Crippen LogP contribution is 2.33. The van der Waals surface area contributed by atoms with Gasteiger partial charge in [0.1, 0.15) is 12.4 Å². The fourth-order valence-electron chi connectivity index (χ4n) is 3.09. The van der Waals surface area contributed by atoms with Crippen molar-refractivity contribution < 1.29 is 14.3 Å². The number of aromatic nitrogens is 3. The third-order valence-corrected chi connectivity index (χ3v) is 5.53. The average Bonchev–Trinajstić information content (AvgIpc) is 3.38. The minimum Gasteiger partial charge on any atom is -0.496 e. The lowest BCUT2D eigenvalue weighted by molar-refractivity contribution is 0.156. The number of carbonyl (C=O) groups is 1. The Morgan fingerprint density at radius 3 is 2.90 bits per heavy atom. The molecule has 0 spiro atoms. The third kappa shape index (κ3) is 4.24. The fourth-order valence-corrected chi connectivity index (χ4v) is 3.90. The summed E-state index contributed by atoms with van der Waals surface area (Å²) in [5.41, 5.74) is 3.24. The standard InChI is InChI=1S/C21H19ClN4O3S/c1-3-26-19-7-5-15(8-13(19)11-23-26)24-21(27)29-12-16-10-18(25-30-16)17-6-4-14(22)9-20(17)28-2/h4-11H,3,12H2,1-2H3,(H,24,27). The van der Waals surface area contributed by atoms with Gasteiger partial charge < -0.3 is 9.47 Å². The molecule has 0 bridgehead atoms. The number of amides is 1. The maximum absolute atomic E-state index is 12.2. The molecule has 9 heteroatoms. The van der Waals surface area contributed by atoms with Gasteiger partial charge in [0.2, 0.25) is 0 Å². The Bertz CT molecular complexity index is 1200. The lowest BCUT2D eigenvalue weighted by Crippen LogP contribution is -2.13. The smallest absolute Gasteiger partial charge is 0.411 e. The molecule has 2 aromatic carbocycles. The van der Waals surface area contributed by atoms with Crippen LogP contribution in [0, 0.1) is 0 Å². The van der Waals surface area contributed by atoms with Crippen LogP contribution in [0.4, 0.5) is 10.5 Å². The number of aryl methyl sites for hydroxylation is 1. The van der Waals surface area contributed by atoms with Gasteiger partial charge in [0.05, 0.1) is 29.4 Å². The van der Waals surface area contributed by atoms with Gasteiger partial charge in [0, 0.05) is 28.2 Å². The van der Waals surface area contributed by atoms with E-state index in [1.165, 1.54) is 11.5 Å². The van der Waals surface area contributed by atoms with Crippen LogP contribution in [-0.2, 0) is 17.9 Å². The van der Waals surface area contributed by atoms with E-state index >= 15 is 0 Å². The molecule has 2 heterocycles. The first-order valence-corrected chi connectivity index (χ1v) is 10.4. The molecule has 0 saturated carbocycles. The van der Waals surface area contributed by atoms with Crippen molar-refractivity contribution in [2.45, 2.75) is 20.1 Å². The number of halogens is 1. The highest BCUT2D eigenvalue weighted by Gasteiger charge is 2.12. The van der Waals surface area contributed by atoms with Crippen LogP contribution in [0.3, 0.4) is 0 Å². The summed E-state index contributed by atoms with van der Waals surface area (Å²) < 4.78 is 17.0. The predicted octanol–water partition coefficient (Wildman–Crippen LogP) is 5.59. The number of nitrogens with zero attached hydrogens (tertiary/aromatic N) is 3. The van der Waals surface area contributed by atoms with Gasteiger partial charge in [-0.25, -0.2) is 4.79 Å². The fraction of sp³-hybridized carbons (Fsp3) is 0.190. The van der Waals surface area contributed by atoms with E-state index in [-0.39, 0.29) is 6.61 Å². The largest absolute Gasteiger partial charge is 0.496 e. The van der Waals surface area contributed by atoms with E-state index in [1.807, 2.05) is 41.9 Å². The Kier molecular flexibility index (Phi) is 5.87. The SMILES string of the molecule is CCn1ncc2cc(NC(=O)OCc3cc(-c4ccc(Cl)cc4OC)ns3)ccc21. The summed E-state index contributed by atoms with van der Waals surface area (Å²) in [5, 5.41) is 8.60. The number of carbonyl (C=O) groups excluding carboxylic acids is 1. The maximum atomic E-state index is 12.2. The second-order valence-electron chi connectivity index (χ2n) is 6.46. The minimum absolute atomic E-state index is 0.120. The molecule has 30 heavy (non-hydrogen) atoms. The highest BCUT2D eigenvalue weighted by molar-refractivity contribution is 7.06. The van der Waals surface area contributed by atoms with E-state index in [2.05, 4.69) is 14.8 Å². The number of hydrogen-bond acceptors (Lipinski definition) is 6. The summed E-state index contributed by atoms with van der Waals surface area (Å²) in [5.74, 6) is 0.639. The zero-order valence-corrected chi connectivity index (χ0v) is 18.0. The molecule has 7 nitrogen and oxygen atoms in total. The molecule has 0 saturated heterocycles. The van der Waals surface area contributed by atoms with Gasteiger partial charge in [0.25, 0.3) is 0 Å². The molecule has 4 rings (SSSR count). The van der Waals surface area contributed by atoms with E-state index in [0.717, 1.165) is 33.6 Å². The normalized spacial score (nSPS) is 10.9. The second kappa shape index (κ2) is 8.73. The number of methoxy groups -OCH3 is 1. The van der Waals surface area contributed by atoms with Crippen LogP contribution in [0.5, 0.6) is 5.75 Å². The van der Waals surface area contributed by atoms with Gasteiger partial charge in [-0.05, 0) is 60.9 Å². The van der Waals surface area contributed by atoms with Crippen LogP contribution in [0.25, 0.3) is 22.2 Å². The van der Waals surface area contributed by atoms with Crippen molar-refractivity contribution >= 4 is 45.8 Å². The molecule has 0 aliphatic rings. The molecule has 0 unspecified atom stereocenters. The van der Waals surface area contributed by atoms with Crippen LogP contribution < -0.4 is 10.1 Å². The van der Waals surface area contributed by atoms with Crippen molar-refractivity contribution in [2.75, 3.05) is 12.4 Å². The molecule has 1 N–H and O–H groups in total. The molecule has 0 fully saturated rings. The van der Waals surface area contributed by atoms with Gasteiger partial charge in [0.15, 0.2) is 0 Å². The van der Waals surface area contributed by atoms with E-state index in [0.29, 0.717) is 16.5 Å². The summed E-state index contributed by atoms with van der Waals surface area (Å²) >= 11 is 7.28. The van der Waals surface area contributed by atoms with Crippen molar-refractivity contribution in [1.82, 2.24) is 14.2 Å². The van der Waals surface area contributed by atoms with Gasteiger partial charge >= 0.3 is 6.09 Å². The molecule has 0 radical (unpaired) electrons. The number of benzene rings is 2. The Balaban J connectivity index is 1.39. The van der Waals surface area contributed by atoms with Gasteiger partial charge in [-0.2, -0.15) is 9.47 Å². The molecule has 0 aliphatic heterocycles. The Hall–Kier alpha value is -3.10. The van der Waals surface area contributed by atoms with E-state index in [1.54, 1.807) is 25.4 Å². The molecular formula is C21H19ClN4O3S. The Labute approximate surface area is 182 Å². The number of fused-ring (bicyclic) bond motifs is 1. The molecule has 2 aromatic heterocycles. The molecule has 1 amide bonds. The first-order chi connectivity index (χ1) is 14.6. The van der Waals surface area contributed by atoms with Crippen molar-refractivity contribution in [3.63, 3.8) is 0 Å².